The average Bonchev–Trinajstić information content (AvgIpc) is 3.46. The summed E-state index contributed by atoms with van der Waals surface area (Å²) in [4.78, 5) is 9.17. The number of hydrogen-bond donors (Lipinski definition) is 0. The third-order valence-electron chi connectivity index (χ3n) is 8.91. The van der Waals surface area contributed by atoms with Crippen molar-refractivity contribution in [3.05, 3.63) is 138 Å². The number of thiophene rings is 1. The molecule has 50 heavy (non-hydrogen) atoms. The van der Waals surface area contributed by atoms with E-state index in [0.717, 1.165) is 16.8 Å². The van der Waals surface area contributed by atoms with E-state index in [9.17, 15) is 4.39 Å². The number of fused-ring (bicyclic) bond motifs is 3. The van der Waals surface area contributed by atoms with Crippen molar-refractivity contribution in [1.29, 1.82) is 0 Å². The van der Waals surface area contributed by atoms with E-state index in [2.05, 4.69) is 136 Å². The fourth-order valence-corrected chi connectivity index (χ4v) is 9.09. The van der Waals surface area contributed by atoms with E-state index in [1.165, 1.54) is 53.7 Å². The van der Waals surface area contributed by atoms with Crippen LogP contribution in [0.4, 0.5) is 4.39 Å². The maximum absolute atomic E-state index is 14.1. The van der Waals surface area contributed by atoms with Gasteiger partial charge in [-0.25, -0.2) is 0 Å². The van der Waals surface area contributed by atoms with Gasteiger partial charge < -0.3 is 9.97 Å². The van der Waals surface area contributed by atoms with E-state index in [1.54, 1.807) is 0 Å². The molecule has 0 unspecified atom stereocenters. The molecule has 0 saturated carbocycles. The summed E-state index contributed by atoms with van der Waals surface area (Å²) < 4.78 is 16.7. The molecule has 0 bridgehead atoms. The largest absolute Gasteiger partial charge is 0.305 e. The van der Waals surface area contributed by atoms with Gasteiger partial charge in [0.15, 0.2) is 0 Å². The zero-order valence-electron chi connectivity index (χ0n) is 30.0. The quantitative estimate of drug-likeness (QED) is 0.123. The zero-order valence-corrected chi connectivity index (χ0v) is 34.2. The van der Waals surface area contributed by atoms with Crippen molar-refractivity contribution >= 4 is 44.8 Å². The number of nitrogens with zero attached hydrogens (tertiary/aromatic N) is 2. The topological polar surface area (TPSA) is 25.8 Å². The summed E-state index contributed by atoms with van der Waals surface area (Å²) in [5.41, 5.74) is 9.22. The second kappa shape index (κ2) is 15.6. The molecule has 7 aromatic rings. The Morgan fingerprint density at radius 3 is 2.16 bits per heavy atom. The van der Waals surface area contributed by atoms with Crippen LogP contribution in [-0.2, 0) is 20.1 Å². The Morgan fingerprint density at radius 2 is 1.48 bits per heavy atom. The van der Waals surface area contributed by atoms with Gasteiger partial charge in [-0.2, -0.15) is 11.3 Å². The minimum Gasteiger partial charge on any atom is -0.305 e. The summed E-state index contributed by atoms with van der Waals surface area (Å²) in [5, 5.41) is 3.94. The molecule has 0 aliphatic carbocycles. The number of halogens is 1. The smallest absolute Gasteiger partial charge is 0.0799 e. The second-order valence-electron chi connectivity index (χ2n) is 14.4. The summed E-state index contributed by atoms with van der Waals surface area (Å²) in [6.07, 6.45) is 3.86. The summed E-state index contributed by atoms with van der Waals surface area (Å²) in [6, 6.07) is 37.7. The van der Waals surface area contributed by atoms with Gasteiger partial charge >= 0.3 is 0 Å². The Labute approximate surface area is 315 Å². The number of benzene rings is 4. The van der Waals surface area contributed by atoms with Crippen molar-refractivity contribution in [1.82, 2.24) is 9.97 Å². The molecular formula is C44H43FIrN2SSi-2. The van der Waals surface area contributed by atoms with Gasteiger partial charge in [0.2, 0.25) is 0 Å². The molecule has 0 saturated heterocycles. The van der Waals surface area contributed by atoms with Crippen molar-refractivity contribution in [2.75, 3.05) is 0 Å². The number of rotatable bonds is 6. The van der Waals surface area contributed by atoms with Gasteiger partial charge in [-0.15, -0.1) is 47.5 Å². The fourth-order valence-electron chi connectivity index (χ4n) is 6.16. The molecule has 0 fully saturated rings. The fraction of sp³-hybridized carbons (Fsp3) is 0.227. The maximum Gasteiger partial charge on any atom is 0.0799 e. The van der Waals surface area contributed by atoms with Crippen LogP contribution < -0.4 is 5.19 Å². The normalized spacial score (nSPS) is 11.5. The minimum absolute atomic E-state index is 0. The molecule has 257 valence electrons. The van der Waals surface area contributed by atoms with Gasteiger partial charge in [0.25, 0.3) is 0 Å². The predicted octanol–water partition coefficient (Wildman–Crippen LogP) is 12.4. The van der Waals surface area contributed by atoms with Crippen molar-refractivity contribution < 1.29 is 24.5 Å². The van der Waals surface area contributed by atoms with Crippen LogP contribution in [-0.4, -0.2) is 18.0 Å². The molecule has 0 amide bonds. The Balaban J connectivity index is 0.000000199. The van der Waals surface area contributed by atoms with Crippen LogP contribution in [0.2, 0.25) is 19.6 Å². The van der Waals surface area contributed by atoms with Gasteiger partial charge in [-0.05, 0) is 61.8 Å². The van der Waals surface area contributed by atoms with E-state index in [0.29, 0.717) is 23.1 Å². The molecule has 4 aromatic carbocycles. The first kappa shape index (κ1) is 37.5. The van der Waals surface area contributed by atoms with Crippen molar-refractivity contribution in [2.45, 2.75) is 66.1 Å². The van der Waals surface area contributed by atoms with Crippen LogP contribution >= 0.6 is 11.3 Å². The Kier molecular flexibility index (Phi) is 11.7. The van der Waals surface area contributed by atoms with Gasteiger partial charge in [0, 0.05) is 43.0 Å². The van der Waals surface area contributed by atoms with Crippen LogP contribution in [0.3, 0.4) is 0 Å². The molecule has 2 nitrogen and oxygen atoms in total. The molecule has 3 aromatic heterocycles. The molecule has 7 rings (SSSR count). The molecule has 3 heterocycles. The summed E-state index contributed by atoms with van der Waals surface area (Å²) >= 11 is 1.83. The van der Waals surface area contributed by atoms with E-state index in [1.807, 2.05) is 48.9 Å². The van der Waals surface area contributed by atoms with E-state index in [-0.39, 0.29) is 25.9 Å². The first-order valence-electron chi connectivity index (χ1n) is 17.0. The zero-order chi connectivity index (χ0) is 34.9. The maximum atomic E-state index is 14.1. The van der Waals surface area contributed by atoms with Gasteiger partial charge in [0.05, 0.1) is 8.07 Å². The van der Waals surface area contributed by atoms with Crippen molar-refractivity contribution in [3.63, 3.8) is 0 Å². The average molecular weight is 871 g/mol. The number of pyridine rings is 2. The van der Waals surface area contributed by atoms with E-state index >= 15 is 0 Å². The third-order valence-corrected chi connectivity index (χ3v) is 12.1. The molecule has 0 N–H and O–H groups in total. The Morgan fingerprint density at radius 1 is 0.740 bits per heavy atom. The summed E-state index contributed by atoms with van der Waals surface area (Å²) in [7, 11) is -1.45. The molecular weight excluding hydrogens is 828 g/mol. The number of aryl methyl sites for hydroxylation is 1. The minimum atomic E-state index is -1.45. The molecule has 0 aliphatic heterocycles. The van der Waals surface area contributed by atoms with Gasteiger partial charge in [-0.3, -0.25) is 4.39 Å². The van der Waals surface area contributed by atoms with Gasteiger partial charge in [0.1, 0.15) is 0 Å². The van der Waals surface area contributed by atoms with Crippen molar-refractivity contribution in [2.24, 2.45) is 0 Å². The van der Waals surface area contributed by atoms with Crippen LogP contribution in [0, 0.1) is 24.9 Å². The Hall–Kier alpha value is -3.80. The van der Waals surface area contributed by atoms with Crippen LogP contribution in [0.1, 0.15) is 56.2 Å². The monoisotopic (exact) mass is 871 g/mol. The molecule has 6 heteroatoms. The molecule has 1 radical (unpaired) electrons. The predicted molar refractivity (Wildman–Crippen MR) is 211 cm³/mol. The summed E-state index contributed by atoms with van der Waals surface area (Å²) in [6.45, 7) is 17.6. The summed E-state index contributed by atoms with van der Waals surface area (Å²) in [5.74, 6) is 0.636. The standard InChI is InChI=1S/C26H20NS.C18H23FNSi.Ir/c1-17(2)19-13-14-27-24(15-19)23-10-6-9-22-21-12-11-20(16-25(21)28-26(22)23)18-7-4-3-5-8-18;1-12(2)15-10-17(20-11-18(15)21(4,5)6)14-8-7-13(3)9-16(14)19;/h3-9,11-17H,1-2H3;7,9-12H,1-6H3;/q2*-1;. The first-order chi connectivity index (χ1) is 23.4. The van der Waals surface area contributed by atoms with E-state index < -0.39 is 8.07 Å². The van der Waals surface area contributed by atoms with Crippen molar-refractivity contribution in [3.8, 4) is 33.6 Å². The molecule has 0 spiro atoms. The van der Waals surface area contributed by atoms with Crippen LogP contribution in [0.5, 0.6) is 0 Å². The number of aromatic nitrogens is 2. The first-order valence-corrected chi connectivity index (χ1v) is 21.3. The third kappa shape index (κ3) is 8.05. The molecule has 0 aliphatic rings. The van der Waals surface area contributed by atoms with Crippen LogP contribution in [0.15, 0.2) is 103 Å². The van der Waals surface area contributed by atoms with Gasteiger partial charge in [-0.1, -0.05) is 131 Å². The van der Waals surface area contributed by atoms with E-state index in [4.69, 9.17) is 0 Å². The molecule has 0 atom stereocenters. The number of hydrogen-bond acceptors (Lipinski definition) is 3. The Bertz CT molecular complexity index is 2250. The van der Waals surface area contributed by atoms with Crippen LogP contribution in [0.25, 0.3) is 53.8 Å². The second-order valence-corrected chi connectivity index (χ2v) is 20.5. The SMILES string of the molecule is CC(C)c1ccnc(-c2[c-]ccc3c2sc2cc(-c4ccccc4)ccc23)c1.Cc1c[c-]c(-c2cc(C(C)C)c([Si](C)(C)C)cn2)c(F)c1.[Ir].